The van der Waals surface area contributed by atoms with Crippen LogP contribution >= 0.6 is 0 Å². The zero-order valence-corrected chi connectivity index (χ0v) is 6.54. The van der Waals surface area contributed by atoms with Crippen molar-refractivity contribution in [3.8, 4) is 5.75 Å². The summed E-state index contributed by atoms with van der Waals surface area (Å²) in [5, 5.41) is 12.3. The average molecular weight is 152 g/mol. The number of hydrogen-bond acceptors (Lipinski definition) is 3. The quantitative estimate of drug-likeness (QED) is 0.664. The molecule has 11 heavy (non-hydrogen) atoms. The Labute approximate surface area is 66.1 Å². The highest BCUT2D eigenvalue weighted by Crippen LogP contribution is 2.13. The SMILES string of the molecule is CNCCc1ccncc1O. The molecule has 0 saturated carbocycles. The second-order valence-corrected chi connectivity index (χ2v) is 2.36. The van der Waals surface area contributed by atoms with Crippen molar-refractivity contribution in [2.75, 3.05) is 13.6 Å². The van der Waals surface area contributed by atoms with Gasteiger partial charge in [0.15, 0.2) is 0 Å². The fraction of sp³-hybridized carbons (Fsp3) is 0.375. The smallest absolute Gasteiger partial charge is 0.137 e. The summed E-state index contributed by atoms with van der Waals surface area (Å²) in [6, 6.07) is 1.83. The molecule has 60 valence electrons. The van der Waals surface area contributed by atoms with Crippen LogP contribution < -0.4 is 5.32 Å². The molecule has 1 aromatic rings. The van der Waals surface area contributed by atoms with Gasteiger partial charge in [0.05, 0.1) is 6.20 Å². The maximum absolute atomic E-state index is 9.25. The first kappa shape index (κ1) is 8.01. The third-order valence-electron chi connectivity index (χ3n) is 1.53. The molecule has 0 radical (unpaired) electrons. The van der Waals surface area contributed by atoms with Crippen LogP contribution in [0.3, 0.4) is 0 Å². The van der Waals surface area contributed by atoms with E-state index in [0.717, 1.165) is 18.5 Å². The Morgan fingerprint density at radius 3 is 3.09 bits per heavy atom. The van der Waals surface area contributed by atoms with Crippen LogP contribution in [0.5, 0.6) is 5.75 Å². The summed E-state index contributed by atoms with van der Waals surface area (Å²) in [5.74, 6) is 0.280. The molecule has 2 N–H and O–H groups in total. The first-order valence-corrected chi connectivity index (χ1v) is 3.61. The maximum atomic E-state index is 9.25. The summed E-state index contributed by atoms with van der Waals surface area (Å²) in [7, 11) is 1.89. The molecule has 3 nitrogen and oxygen atoms in total. The van der Waals surface area contributed by atoms with Gasteiger partial charge in [-0.2, -0.15) is 0 Å². The minimum absolute atomic E-state index is 0.280. The van der Waals surface area contributed by atoms with Crippen molar-refractivity contribution in [1.29, 1.82) is 0 Å². The molecule has 0 spiro atoms. The first-order valence-electron chi connectivity index (χ1n) is 3.61. The van der Waals surface area contributed by atoms with Crippen LogP contribution in [0.15, 0.2) is 18.5 Å². The summed E-state index contributed by atoms with van der Waals surface area (Å²) in [5.41, 5.74) is 0.939. The lowest BCUT2D eigenvalue weighted by atomic mass is 10.2. The van der Waals surface area contributed by atoms with Gasteiger partial charge in [-0.05, 0) is 31.6 Å². The van der Waals surface area contributed by atoms with E-state index in [2.05, 4.69) is 10.3 Å². The Bertz CT molecular complexity index is 225. The molecule has 0 amide bonds. The van der Waals surface area contributed by atoms with Crippen molar-refractivity contribution >= 4 is 0 Å². The standard InChI is InChI=1S/C8H12N2O/c1-9-4-2-7-3-5-10-6-8(7)11/h3,5-6,9,11H,2,4H2,1H3. The molecule has 0 aromatic carbocycles. The van der Waals surface area contributed by atoms with Crippen LogP contribution in [0.2, 0.25) is 0 Å². The van der Waals surface area contributed by atoms with Gasteiger partial charge < -0.3 is 10.4 Å². The summed E-state index contributed by atoms with van der Waals surface area (Å²) < 4.78 is 0. The van der Waals surface area contributed by atoms with Crippen molar-refractivity contribution < 1.29 is 5.11 Å². The Hall–Kier alpha value is -1.09. The number of rotatable bonds is 3. The average Bonchev–Trinajstić information content (AvgIpc) is 2.03. The van der Waals surface area contributed by atoms with Gasteiger partial charge in [0.25, 0.3) is 0 Å². The number of aromatic nitrogens is 1. The van der Waals surface area contributed by atoms with Gasteiger partial charge in [-0.25, -0.2) is 0 Å². The number of aromatic hydroxyl groups is 1. The summed E-state index contributed by atoms with van der Waals surface area (Å²) in [6.07, 6.45) is 3.99. The highest BCUT2D eigenvalue weighted by Gasteiger charge is 1.97. The second-order valence-electron chi connectivity index (χ2n) is 2.36. The lowest BCUT2D eigenvalue weighted by molar-refractivity contribution is 0.464. The number of hydrogen-bond donors (Lipinski definition) is 2. The predicted octanol–water partition coefficient (Wildman–Crippen LogP) is 0.549. The molecular weight excluding hydrogens is 140 g/mol. The van der Waals surface area contributed by atoms with E-state index in [1.165, 1.54) is 6.20 Å². The lowest BCUT2D eigenvalue weighted by Crippen LogP contribution is -2.10. The van der Waals surface area contributed by atoms with Gasteiger partial charge in [-0.3, -0.25) is 4.98 Å². The fourth-order valence-corrected chi connectivity index (χ4v) is 0.886. The summed E-state index contributed by atoms with van der Waals surface area (Å²) >= 11 is 0. The fourth-order valence-electron chi connectivity index (χ4n) is 0.886. The zero-order valence-electron chi connectivity index (χ0n) is 6.54. The van der Waals surface area contributed by atoms with Crippen molar-refractivity contribution in [3.05, 3.63) is 24.0 Å². The third kappa shape index (κ3) is 2.20. The van der Waals surface area contributed by atoms with Crippen molar-refractivity contribution in [2.24, 2.45) is 0 Å². The summed E-state index contributed by atoms with van der Waals surface area (Å²) in [4.78, 5) is 3.78. The van der Waals surface area contributed by atoms with Crippen LogP contribution in [0.4, 0.5) is 0 Å². The van der Waals surface area contributed by atoms with Gasteiger partial charge in [0, 0.05) is 6.20 Å². The van der Waals surface area contributed by atoms with Gasteiger partial charge in [-0.1, -0.05) is 0 Å². The van der Waals surface area contributed by atoms with E-state index in [9.17, 15) is 5.11 Å². The van der Waals surface area contributed by atoms with Crippen molar-refractivity contribution in [1.82, 2.24) is 10.3 Å². The monoisotopic (exact) mass is 152 g/mol. The Morgan fingerprint density at radius 2 is 2.45 bits per heavy atom. The van der Waals surface area contributed by atoms with E-state index in [-0.39, 0.29) is 5.75 Å². The normalized spacial score (nSPS) is 9.91. The van der Waals surface area contributed by atoms with Crippen LogP contribution in [0, 0.1) is 0 Å². The molecule has 0 fully saturated rings. The molecule has 3 heteroatoms. The number of nitrogens with one attached hydrogen (secondary N) is 1. The Morgan fingerprint density at radius 1 is 1.64 bits per heavy atom. The van der Waals surface area contributed by atoms with Crippen LogP contribution in [-0.4, -0.2) is 23.7 Å². The molecule has 0 aliphatic heterocycles. The van der Waals surface area contributed by atoms with E-state index in [0.29, 0.717) is 0 Å². The Kier molecular flexibility index (Phi) is 2.86. The van der Waals surface area contributed by atoms with E-state index in [1.54, 1.807) is 6.20 Å². The van der Waals surface area contributed by atoms with Crippen LogP contribution in [0.25, 0.3) is 0 Å². The summed E-state index contributed by atoms with van der Waals surface area (Å²) in [6.45, 7) is 0.873. The van der Waals surface area contributed by atoms with Crippen molar-refractivity contribution in [2.45, 2.75) is 6.42 Å². The lowest BCUT2D eigenvalue weighted by Gasteiger charge is -2.01. The molecule has 1 heterocycles. The molecule has 0 atom stereocenters. The maximum Gasteiger partial charge on any atom is 0.137 e. The number of nitrogens with zero attached hydrogens (tertiary/aromatic N) is 1. The van der Waals surface area contributed by atoms with E-state index in [1.807, 2.05) is 13.1 Å². The second kappa shape index (κ2) is 3.93. The van der Waals surface area contributed by atoms with Gasteiger partial charge in [0.2, 0.25) is 0 Å². The van der Waals surface area contributed by atoms with Crippen molar-refractivity contribution in [3.63, 3.8) is 0 Å². The van der Waals surface area contributed by atoms with Gasteiger partial charge in [-0.15, -0.1) is 0 Å². The third-order valence-corrected chi connectivity index (χ3v) is 1.53. The van der Waals surface area contributed by atoms with E-state index < -0.39 is 0 Å². The van der Waals surface area contributed by atoms with Gasteiger partial charge >= 0.3 is 0 Å². The Balaban J connectivity index is 2.62. The molecule has 0 aliphatic carbocycles. The highest BCUT2D eigenvalue weighted by atomic mass is 16.3. The molecule has 0 aliphatic rings. The number of likely N-dealkylation sites (N-methyl/N-ethyl adjacent to an activating group) is 1. The highest BCUT2D eigenvalue weighted by molar-refractivity contribution is 5.28. The molecule has 0 saturated heterocycles. The predicted molar refractivity (Wildman–Crippen MR) is 43.5 cm³/mol. The van der Waals surface area contributed by atoms with Gasteiger partial charge in [0.1, 0.15) is 5.75 Å². The largest absolute Gasteiger partial charge is 0.506 e. The van der Waals surface area contributed by atoms with E-state index >= 15 is 0 Å². The molecular formula is C8H12N2O. The van der Waals surface area contributed by atoms with Crippen LogP contribution in [-0.2, 0) is 6.42 Å². The zero-order chi connectivity index (χ0) is 8.10. The first-order chi connectivity index (χ1) is 5.34. The van der Waals surface area contributed by atoms with E-state index in [4.69, 9.17) is 0 Å². The molecule has 0 bridgehead atoms. The van der Waals surface area contributed by atoms with Crippen LogP contribution in [0.1, 0.15) is 5.56 Å². The topological polar surface area (TPSA) is 45.2 Å². The molecule has 0 unspecified atom stereocenters. The minimum Gasteiger partial charge on any atom is -0.506 e. The minimum atomic E-state index is 0.280. The number of pyridine rings is 1. The molecule has 1 aromatic heterocycles. The molecule has 1 rings (SSSR count).